The lowest BCUT2D eigenvalue weighted by atomic mass is 10.1. The van der Waals surface area contributed by atoms with E-state index in [0.717, 1.165) is 0 Å². The number of hydrogen-bond acceptors (Lipinski definition) is 6. The molecule has 1 aromatic carbocycles. The third-order valence-corrected chi connectivity index (χ3v) is 6.15. The summed E-state index contributed by atoms with van der Waals surface area (Å²) in [5.41, 5.74) is 2.36. The molecule has 124 valence electrons. The smallest absolute Gasteiger partial charge is 0.257 e. The molecule has 0 spiro atoms. The highest BCUT2D eigenvalue weighted by Crippen LogP contribution is 2.22. The van der Waals surface area contributed by atoms with Gasteiger partial charge in [-0.2, -0.15) is 4.31 Å². The standard InChI is InChI=1S/C14H18N4O3S2/c1-4-18(5-2)23(20,21)12-8-11(7-6-10(12)3)13(19)16-14-17-15-9-22-14/h6-9H,4-5H2,1-3H3,(H,16,17,19). The van der Waals surface area contributed by atoms with E-state index < -0.39 is 15.9 Å². The fourth-order valence-corrected chi connectivity index (χ4v) is 4.27. The van der Waals surface area contributed by atoms with Crippen molar-refractivity contribution < 1.29 is 13.2 Å². The summed E-state index contributed by atoms with van der Waals surface area (Å²) in [7, 11) is -3.62. The number of rotatable bonds is 6. The Hall–Kier alpha value is -1.84. The van der Waals surface area contributed by atoms with Crippen LogP contribution in [0.5, 0.6) is 0 Å². The molecular formula is C14H18N4O3S2. The SMILES string of the molecule is CCN(CC)S(=O)(=O)c1cc(C(=O)Nc2nncs2)ccc1C. The average Bonchev–Trinajstić information content (AvgIpc) is 3.01. The monoisotopic (exact) mass is 354 g/mol. The maximum Gasteiger partial charge on any atom is 0.257 e. The van der Waals surface area contributed by atoms with Gasteiger partial charge in [0.1, 0.15) is 5.51 Å². The summed E-state index contributed by atoms with van der Waals surface area (Å²) < 4.78 is 26.7. The van der Waals surface area contributed by atoms with Crippen LogP contribution >= 0.6 is 11.3 Å². The summed E-state index contributed by atoms with van der Waals surface area (Å²) in [6.07, 6.45) is 0. The van der Waals surface area contributed by atoms with E-state index in [4.69, 9.17) is 0 Å². The molecule has 0 unspecified atom stereocenters. The molecule has 23 heavy (non-hydrogen) atoms. The molecule has 2 aromatic rings. The van der Waals surface area contributed by atoms with Gasteiger partial charge in [-0.05, 0) is 24.6 Å². The third kappa shape index (κ3) is 3.74. The lowest BCUT2D eigenvalue weighted by molar-refractivity contribution is 0.102. The minimum Gasteiger partial charge on any atom is -0.296 e. The molecule has 0 bridgehead atoms. The van der Waals surface area contributed by atoms with Crippen LogP contribution in [0.3, 0.4) is 0 Å². The van der Waals surface area contributed by atoms with Crippen LogP contribution in [0.1, 0.15) is 29.8 Å². The number of nitrogens with one attached hydrogen (secondary N) is 1. The van der Waals surface area contributed by atoms with E-state index in [2.05, 4.69) is 15.5 Å². The Morgan fingerprint density at radius 3 is 2.57 bits per heavy atom. The van der Waals surface area contributed by atoms with Gasteiger partial charge < -0.3 is 0 Å². The molecule has 0 atom stereocenters. The van der Waals surface area contributed by atoms with Crippen LogP contribution in [0, 0.1) is 6.92 Å². The number of aromatic nitrogens is 2. The van der Waals surface area contributed by atoms with Gasteiger partial charge in [0, 0.05) is 18.7 Å². The largest absolute Gasteiger partial charge is 0.296 e. The first kappa shape index (κ1) is 17.5. The maximum atomic E-state index is 12.7. The lowest BCUT2D eigenvalue weighted by Gasteiger charge is -2.20. The van der Waals surface area contributed by atoms with Crippen molar-refractivity contribution in [2.75, 3.05) is 18.4 Å². The zero-order chi connectivity index (χ0) is 17.0. The summed E-state index contributed by atoms with van der Waals surface area (Å²) in [5.74, 6) is -0.419. The second kappa shape index (κ2) is 7.16. The molecule has 0 aliphatic heterocycles. The number of anilines is 1. The van der Waals surface area contributed by atoms with Gasteiger partial charge in [-0.1, -0.05) is 31.3 Å². The molecule has 1 N–H and O–H groups in total. The molecule has 0 aliphatic rings. The molecule has 0 radical (unpaired) electrons. The molecule has 1 heterocycles. The van der Waals surface area contributed by atoms with Crippen molar-refractivity contribution in [3.63, 3.8) is 0 Å². The fraction of sp³-hybridized carbons (Fsp3) is 0.357. The van der Waals surface area contributed by atoms with Crippen molar-refractivity contribution in [1.82, 2.24) is 14.5 Å². The summed E-state index contributed by atoms with van der Waals surface area (Å²) in [4.78, 5) is 12.4. The van der Waals surface area contributed by atoms with Crippen LogP contribution in [0.2, 0.25) is 0 Å². The number of amides is 1. The van der Waals surface area contributed by atoms with Crippen LogP contribution in [-0.4, -0.2) is 41.9 Å². The minimum atomic E-state index is -3.62. The van der Waals surface area contributed by atoms with E-state index in [1.165, 1.54) is 27.2 Å². The highest BCUT2D eigenvalue weighted by molar-refractivity contribution is 7.89. The van der Waals surface area contributed by atoms with Crippen molar-refractivity contribution in [1.29, 1.82) is 0 Å². The Morgan fingerprint density at radius 2 is 2.00 bits per heavy atom. The first-order valence-corrected chi connectivity index (χ1v) is 9.40. The topological polar surface area (TPSA) is 92.3 Å². The van der Waals surface area contributed by atoms with Gasteiger partial charge in [-0.25, -0.2) is 8.42 Å². The minimum absolute atomic E-state index is 0.145. The first-order valence-electron chi connectivity index (χ1n) is 7.08. The lowest BCUT2D eigenvalue weighted by Crippen LogP contribution is -2.31. The molecule has 2 rings (SSSR count). The second-order valence-corrected chi connectivity index (χ2v) is 7.51. The summed E-state index contributed by atoms with van der Waals surface area (Å²) in [5, 5.41) is 10.3. The van der Waals surface area contributed by atoms with E-state index >= 15 is 0 Å². The molecule has 0 aliphatic carbocycles. The normalized spacial score (nSPS) is 11.7. The van der Waals surface area contributed by atoms with Gasteiger partial charge in [0.15, 0.2) is 0 Å². The van der Waals surface area contributed by atoms with Gasteiger partial charge in [-0.3, -0.25) is 10.1 Å². The molecule has 0 saturated carbocycles. The van der Waals surface area contributed by atoms with Gasteiger partial charge in [0.2, 0.25) is 15.2 Å². The zero-order valence-electron chi connectivity index (χ0n) is 13.1. The number of nitrogens with zero attached hydrogens (tertiary/aromatic N) is 3. The predicted molar refractivity (Wildman–Crippen MR) is 89.1 cm³/mol. The average molecular weight is 354 g/mol. The van der Waals surface area contributed by atoms with E-state index in [-0.39, 0.29) is 10.5 Å². The Morgan fingerprint density at radius 1 is 1.30 bits per heavy atom. The van der Waals surface area contributed by atoms with Crippen molar-refractivity contribution in [2.24, 2.45) is 0 Å². The Balaban J connectivity index is 2.37. The highest BCUT2D eigenvalue weighted by Gasteiger charge is 2.24. The number of carbonyl (C=O) groups excluding carboxylic acids is 1. The van der Waals surface area contributed by atoms with Crippen molar-refractivity contribution >= 4 is 32.4 Å². The van der Waals surface area contributed by atoms with Crippen LogP contribution in [0.25, 0.3) is 0 Å². The van der Waals surface area contributed by atoms with Crippen molar-refractivity contribution in [3.05, 3.63) is 34.8 Å². The molecule has 0 fully saturated rings. The molecular weight excluding hydrogens is 336 g/mol. The second-order valence-electron chi connectivity index (χ2n) is 4.77. The number of sulfonamides is 1. The number of aryl methyl sites for hydroxylation is 1. The van der Waals surface area contributed by atoms with E-state index in [1.807, 2.05) is 0 Å². The third-order valence-electron chi connectivity index (χ3n) is 3.35. The fourth-order valence-electron chi connectivity index (χ4n) is 2.12. The molecule has 7 nitrogen and oxygen atoms in total. The molecule has 0 saturated heterocycles. The number of carbonyl (C=O) groups is 1. The molecule has 1 amide bonds. The van der Waals surface area contributed by atoms with Gasteiger partial charge in [0.05, 0.1) is 4.90 Å². The number of benzene rings is 1. The first-order chi connectivity index (χ1) is 10.9. The van der Waals surface area contributed by atoms with E-state index in [0.29, 0.717) is 23.8 Å². The van der Waals surface area contributed by atoms with Crippen LogP contribution < -0.4 is 5.32 Å². The highest BCUT2D eigenvalue weighted by atomic mass is 32.2. The Kier molecular flexibility index (Phi) is 5.45. The maximum absolute atomic E-state index is 12.7. The van der Waals surface area contributed by atoms with Crippen LogP contribution in [0.15, 0.2) is 28.6 Å². The molecule has 1 aromatic heterocycles. The van der Waals surface area contributed by atoms with Gasteiger partial charge in [-0.15, -0.1) is 10.2 Å². The van der Waals surface area contributed by atoms with Crippen LogP contribution in [0.4, 0.5) is 5.13 Å². The van der Waals surface area contributed by atoms with Crippen LogP contribution in [-0.2, 0) is 10.0 Å². The van der Waals surface area contributed by atoms with Crippen molar-refractivity contribution in [2.45, 2.75) is 25.7 Å². The predicted octanol–water partition coefficient (Wildman–Crippen LogP) is 2.13. The quantitative estimate of drug-likeness (QED) is 0.858. The summed E-state index contributed by atoms with van der Waals surface area (Å²) in [6, 6.07) is 4.62. The van der Waals surface area contributed by atoms with Gasteiger partial charge in [0.25, 0.3) is 5.91 Å². The van der Waals surface area contributed by atoms with Gasteiger partial charge >= 0.3 is 0 Å². The van der Waals surface area contributed by atoms with Crippen molar-refractivity contribution in [3.8, 4) is 0 Å². The van der Waals surface area contributed by atoms with E-state index in [9.17, 15) is 13.2 Å². The molecule has 9 heteroatoms. The van der Waals surface area contributed by atoms with E-state index in [1.54, 1.807) is 32.9 Å². The Labute approximate surface area is 139 Å². The summed E-state index contributed by atoms with van der Waals surface area (Å²) in [6.45, 7) is 6.02. The summed E-state index contributed by atoms with van der Waals surface area (Å²) >= 11 is 1.19. The zero-order valence-corrected chi connectivity index (χ0v) is 14.7. The number of hydrogen-bond donors (Lipinski definition) is 1. The Bertz CT molecular complexity index is 784.